The molecule has 1 aliphatic rings. The number of benzene rings is 1. The molecule has 1 atom stereocenters. The summed E-state index contributed by atoms with van der Waals surface area (Å²) in [5.41, 5.74) is 1.64. The van der Waals surface area contributed by atoms with E-state index in [4.69, 9.17) is 9.26 Å². The average molecular weight is 374 g/mol. The molecular weight excluding hydrogens is 359 g/mol. The van der Waals surface area contributed by atoms with Crippen LogP contribution in [-0.2, 0) is 0 Å². The first kappa shape index (κ1) is 16.6. The van der Waals surface area contributed by atoms with Crippen molar-refractivity contribution in [1.82, 2.24) is 20.0 Å². The first-order valence-electron chi connectivity index (χ1n) is 8.14. The lowest BCUT2D eigenvalue weighted by Crippen LogP contribution is -2.38. The fraction of sp³-hybridized carbons (Fsp3) is 0.294. The Hall–Kier alpha value is -2.81. The number of hydrogen-bond acceptors (Lipinski definition) is 7. The molecule has 26 heavy (non-hydrogen) atoms. The van der Waals surface area contributed by atoms with Crippen molar-refractivity contribution in [1.29, 1.82) is 0 Å². The Balaban J connectivity index is 1.44. The van der Waals surface area contributed by atoms with E-state index in [2.05, 4.69) is 15.1 Å². The van der Waals surface area contributed by atoms with Crippen LogP contribution in [-0.4, -0.2) is 39.0 Å². The molecule has 9 heteroatoms. The van der Waals surface area contributed by atoms with Crippen LogP contribution < -0.4 is 4.74 Å². The largest absolute Gasteiger partial charge is 0.422 e. The minimum absolute atomic E-state index is 0.0245. The van der Waals surface area contributed by atoms with Gasteiger partial charge in [0.1, 0.15) is 16.4 Å². The molecule has 134 valence electrons. The summed E-state index contributed by atoms with van der Waals surface area (Å²) in [5.74, 6) is 0.211. The van der Waals surface area contributed by atoms with Crippen LogP contribution in [0.3, 0.4) is 0 Å². The van der Waals surface area contributed by atoms with Crippen LogP contribution >= 0.6 is 11.3 Å². The SMILES string of the molecule is O=C(c1cncs1)N1CCCC(c2nc(Oc3cccc(F)c3)no2)C1. The Morgan fingerprint density at radius 3 is 3.15 bits per heavy atom. The normalized spacial score (nSPS) is 17.3. The summed E-state index contributed by atoms with van der Waals surface area (Å²) in [6.07, 6.45) is 3.26. The third-order valence-electron chi connectivity index (χ3n) is 4.13. The van der Waals surface area contributed by atoms with Gasteiger partial charge in [0.2, 0.25) is 5.89 Å². The zero-order chi connectivity index (χ0) is 17.9. The van der Waals surface area contributed by atoms with Crippen LogP contribution in [0.1, 0.15) is 34.3 Å². The summed E-state index contributed by atoms with van der Waals surface area (Å²) in [6, 6.07) is 5.74. The zero-order valence-corrected chi connectivity index (χ0v) is 14.5. The summed E-state index contributed by atoms with van der Waals surface area (Å²) in [5, 5.41) is 3.79. The number of ether oxygens (including phenoxy) is 1. The number of piperidine rings is 1. The van der Waals surface area contributed by atoms with Crippen LogP contribution in [0.25, 0.3) is 0 Å². The van der Waals surface area contributed by atoms with Gasteiger partial charge in [-0.2, -0.15) is 4.98 Å². The lowest BCUT2D eigenvalue weighted by atomic mass is 9.98. The van der Waals surface area contributed by atoms with Gasteiger partial charge in [-0.15, -0.1) is 11.3 Å². The number of carbonyl (C=O) groups is 1. The molecule has 1 amide bonds. The summed E-state index contributed by atoms with van der Waals surface area (Å²) in [4.78, 5) is 23.1. The van der Waals surface area contributed by atoms with E-state index in [1.165, 1.54) is 29.5 Å². The lowest BCUT2D eigenvalue weighted by molar-refractivity contribution is 0.0700. The van der Waals surface area contributed by atoms with E-state index < -0.39 is 5.82 Å². The van der Waals surface area contributed by atoms with Gasteiger partial charge in [-0.25, -0.2) is 4.39 Å². The number of amides is 1. The highest BCUT2D eigenvalue weighted by Gasteiger charge is 2.29. The van der Waals surface area contributed by atoms with E-state index in [1.807, 2.05) is 0 Å². The molecule has 1 aromatic carbocycles. The third-order valence-corrected chi connectivity index (χ3v) is 4.89. The first-order valence-corrected chi connectivity index (χ1v) is 9.02. The quantitative estimate of drug-likeness (QED) is 0.695. The number of thiazole rings is 1. The van der Waals surface area contributed by atoms with E-state index in [0.717, 1.165) is 12.8 Å². The Kier molecular flexibility index (Phi) is 4.61. The number of nitrogens with zero attached hydrogens (tertiary/aromatic N) is 4. The molecule has 3 aromatic rings. The van der Waals surface area contributed by atoms with Crippen LogP contribution in [0.4, 0.5) is 4.39 Å². The Bertz CT molecular complexity index is 899. The van der Waals surface area contributed by atoms with Gasteiger partial charge in [0, 0.05) is 19.2 Å². The standard InChI is InChI=1S/C17H15FN4O3S/c18-12-4-1-5-13(7-12)24-17-20-15(25-21-17)11-3-2-6-22(9-11)16(23)14-8-19-10-26-14/h1,4-5,7-8,10-11H,2-3,6,9H2. The summed E-state index contributed by atoms with van der Waals surface area (Å²) in [7, 11) is 0. The minimum Gasteiger partial charge on any atom is -0.422 e. The average Bonchev–Trinajstić information content (AvgIpc) is 3.33. The molecule has 0 aliphatic carbocycles. The first-order chi connectivity index (χ1) is 12.7. The van der Waals surface area contributed by atoms with Gasteiger partial charge < -0.3 is 14.2 Å². The van der Waals surface area contributed by atoms with E-state index >= 15 is 0 Å². The molecule has 0 saturated carbocycles. The number of halogens is 1. The van der Waals surface area contributed by atoms with Gasteiger partial charge in [-0.1, -0.05) is 6.07 Å². The fourth-order valence-electron chi connectivity index (χ4n) is 2.90. The molecule has 0 radical (unpaired) electrons. The Morgan fingerprint density at radius 2 is 2.35 bits per heavy atom. The van der Waals surface area contributed by atoms with Gasteiger partial charge in [-0.05, 0) is 30.1 Å². The van der Waals surface area contributed by atoms with Crippen LogP contribution in [0, 0.1) is 5.82 Å². The topological polar surface area (TPSA) is 81.4 Å². The predicted octanol–water partition coefficient (Wildman–Crippen LogP) is 3.48. The molecule has 2 aromatic heterocycles. The zero-order valence-electron chi connectivity index (χ0n) is 13.7. The molecule has 0 N–H and O–H groups in total. The van der Waals surface area contributed by atoms with Crippen molar-refractivity contribution >= 4 is 17.2 Å². The van der Waals surface area contributed by atoms with Crippen molar-refractivity contribution in [2.24, 2.45) is 0 Å². The number of rotatable bonds is 4. The van der Waals surface area contributed by atoms with Crippen molar-refractivity contribution in [3.63, 3.8) is 0 Å². The summed E-state index contributed by atoms with van der Waals surface area (Å²) >= 11 is 1.32. The molecule has 1 saturated heterocycles. The van der Waals surface area contributed by atoms with Crippen LogP contribution in [0.5, 0.6) is 11.8 Å². The predicted molar refractivity (Wildman–Crippen MR) is 90.8 cm³/mol. The third kappa shape index (κ3) is 3.57. The highest BCUT2D eigenvalue weighted by atomic mass is 32.1. The highest BCUT2D eigenvalue weighted by Crippen LogP contribution is 2.29. The molecule has 0 spiro atoms. The monoisotopic (exact) mass is 374 g/mol. The Morgan fingerprint density at radius 1 is 1.42 bits per heavy atom. The van der Waals surface area contributed by atoms with Crippen molar-refractivity contribution in [3.8, 4) is 11.8 Å². The van der Waals surface area contributed by atoms with E-state index in [0.29, 0.717) is 29.6 Å². The maximum atomic E-state index is 13.2. The van der Waals surface area contributed by atoms with E-state index in [9.17, 15) is 9.18 Å². The molecule has 0 bridgehead atoms. The smallest absolute Gasteiger partial charge is 0.359 e. The molecule has 7 nitrogen and oxygen atoms in total. The van der Waals surface area contributed by atoms with Gasteiger partial charge in [0.15, 0.2) is 0 Å². The second-order valence-corrected chi connectivity index (χ2v) is 6.82. The highest BCUT2D eigenvalue weighted by molar-refractivity contribution is 7.11. The van der Waals surface area contributed by atoms with Gasteiger partial charge >= 0.3 is 6.01 Å². The van der Waals surface area contributed by atoms with Crippen molar-refractivity contribution < 1.29 is 18.4 Å². The maximum Gasteiger partial charge on any atom is 0.359 e. The number of likely N-dealkylation sites (tertiary alicyclic amines) is 1. The van der Waals surface area contributed by atoms with Gasteiger partial charge in [0.05, 0.1) is 17.6 Å². The number of carbonyl (C=O) groups excluding carboxylic acids is 1. The number of hydrogen-bond donors (Lipinski definition) is 0. The van der Waals surface area contributed by atoms with Crippen molar-refractivity contribution in [3.05, 3.63) is 52.6 Å². The maximum absolute atomic E-state index is 13.2. The minimum atomic E-state index is -0.407. The van der Waals surface area contributed by atoms with Gasteiger partial charge in [-0.3, -0.25) is 9.78 Å². The lowest BCUT2D eigenvalue weighted by Gasteiger charge is -2.30. The van der Waals surface area contributed by atoms with Crippen molar-refractivity contribution in [2.75, 3.05) is 13.1 Å². The molecule has 3 heterocycles. The molecule has 4 rings (SSSR count). The summed E-state index contributed by atoms with van der Waals surface area (Å²) in [6.45, 7) is 1.19. The Labute approximate surface area is 152 Å². The second kappa shape index (κ2) is 7.20. The van der Waals surface area contributed by atoms with E-state index in [-0.39, 0.29) is 17.8 Å². The molecule has 1 fully saturated rings. The van der Waals surface area contributed by atoms with Crippen LogP contribution in [0.15, 0.2) is 40.5 Å². The van der Waals surface area contributed by atoms with Crippen molar-refractivity contribution in [2.45, 2.75) is 18.8 Å². The number of aromatic nitrogens is 3. The molecular formula is C17H15FN4O3S. The van der Waals surface area contributed by atoms with Crippen LogP contribution in [0.2, 0.25) is 0 Å². The fourth-order valence-corrected chi connectivity index (χ4v) is 3.49. The molecule has 1 aliphatic heterocycles. The second-order valence-electron chi connectivity index (χ2n) is 5.93. The summed E-state index contributed by atoms with van der Waals surface area (Å²) < 4.78 is 23.9. The molecule has 1 unspecified atom stereocenters. The van der Waals surface area contributed by atoms with Gasteiger partial charge in [0.25, 0.3) is 5.91 Å². The van der Waals surface area contributed by atoms with E-state index in [1.54, 1.807) is 22.7 Å².